The number of nitrogens with two attached hydrogens (primary N) is 1. The molecule has 0 bridgehead atoms. The standard InChI is InChI=1S/C12H15BrClNS2/c13-9-2-1-8(10(14)6-9)5-11(15)12-7-16-3-4-17-12/h1-2,6,11-12H,3-5,7,15H2. The molecule has 1 aliphatic rings. The van der Waals surface area contributed by atoms with Crippen LogP contribution < -0.4 is 5.73 Å². The van der Waals surface area contributed by atoms with Crippen LogP contribution in [0.15, 0.2) is 22.7 Å². The summed E-state index contributed by atoms with van der Waals surface area (Å²) >= 11 is 13.6. The number of benzene rings is 1. The molecule has 0 spiro atoms. The third kappa shape index (κ3) is 4.06. The Morgan fingerprint density at radius 2 is 2.29 bits per heavy atom. The highest BCUT2D eigenvalue weighted by Crippen LogP contribution is 2.29. The van der Waals surface area contributed by atoms with E-state index in [0.717, 1.165) is 21.5 Å². The Balaban J connectivity index is 1.99. The van der Waals surface area contributed by atoms with Gasteiger partial charge in [-0.2, -0.15) is 23.5 Å². The van der Waals surface area contributed by atoms with Crippen molar-refractivity contribution in [1.82, 2.24) is 0 Å². The van der Waals surface area contributed by atoms with Crippen LogP contribution in [-0.4, -0.2) is 28.6 Å². The molecule has 0 amide bonds. The highest BCUT2D eigenvalue weighted by atomic mass is 79.9. The highest BCUT2D eigenvalue weighted by Gasteiger charge is 2.22. The third-order valence-corrected chi connectivity index (χ3v) is 6.58. The summed E-state index contributed by atoms with van der Waals surface area (Å²) in [5.74, 6) is 3.64. The first-order valence-corrected chi connectivity index (χ1v) is 8.93. The second-order valence-corrected chi connectivity index (χ2v) is 7.91. The molecule has 1 heterocycles. The van der Waals surface area contributed by atoms with Gasteiger partial charge in [0.05, 0.1) is 0 Å². The van der Waals surface area contributed by atoms with Crippen molar-refractivity contribution in [3.63, 3.8) is 0 Å². The Kier molecular flexibility index (Phi) is 5.55. The number of rotatable bonds is 3. The molecule has 2 atom stereocenters. The van der Waals surface area contributed by atoms with E-state index in [2.05, 4.69) is 22.0 Å². The molecule has 0 saturated carbocycles. The Morgan fingerprint density at radius 1 is 1.47 bits per heavy atom. The van der Waals surface area contributed by atoms with E-state index in [4.69, 9.17) is 17.3 Å². The minimum Gasteiger partial charge on any atom is -0.326 e. The molecule has 2 N–H and O–H groups in total. The van der Waals surface area contributed by atoms with Gasteiger partial charge in [0.25, 0.3) is 0 Å². The monoisotopic (exact) mass is 351 g/mol. The Bertz CT molecular complexity index is 383. The second-order valence-electron chi connectivity index (χ2n) is 4.09. The van der Waals surface area contributed by atoms with Crippen molar-refractivity contribution in [2.75, 3.05) is 17.3 Å². The Hall–Kier alpha value is 0.650. The molecule has 1 nitrogen and oxygen atoms in total. The van der Waals surface area contributed by atoms with E-state index in [-0.39, 0.29) is 6.04 Å². The fourth-order valence-corrected chi connectivity index (χ4v) is 5.40. The molecule has 1 aromatic rings. The van der Waals surface area contributed by atoms with Gasteiger partial charge in [0.15, 0.2) is 0 Å². The van der Waals surface area contributed by atoms with E-state index in [1.54, 1.807) is 0 Å². The smallest absolute Gasteiger partial charge is 0.0449 e. The minimum absolute atomic E-state index is 0.200. The summed E-state index contributed by atoms with van der Waals surface area (Å²) in [7, 11) is 0. The zero-order chi connectivity index (χ0) is 12.3. The summed E-state index contributed by atoms with van der Waals surface area (Å²) in [6.45, 7) is 0. The molecule has 1 aliphatic heterocycles. The van der Waals surface area contributed by atoms with Crippen molar-refractivity contribution < 1.29 is 0 Å². The normalized spacial score (nSPS) is 22.4. The molecule has 2 unspecified atom stereocenters. The van der Waals surface area contributed by atoms with E-state index < -0.39 is 0 Å². The highest BCUT2D eigenvalue weighted by molar-refractivity contribution is 9.10. The predicted molar refractivity (Wildman–Crippen MR) is 84.4 cm³/mol. The van der Waals surface area contributed by atoms with Gasteiger partial charge in [0.2, 0.25) is 0 Å². The number of hydrogen-bond acceptors (Lipinski definition) is 3. The average molecular weight is 353 g/mol. The lowest BCUT2D eigenvalue weighted by Crippen LogP contribution is -2.38. The van der Waals surface area contributed by atoms with E-state index in [9.17, 15) is 0 Å². The maximum atomic E-state index is 6.28. The van der Waals surface area contributed by atoms with E-state index in [0.29, 0.717) is 5.25 Å². The van der Waals surface area contributed by atoms with E-state index in [1.807, 2.05) is 35.7 Å². The maximum Gasteiger partial charge on any atom is 0.0449 e. The van der Waals surface area contributed by atoms with E-state index >= 15 is 0 Å². The SMILES string of the molecule is NC(Cc1ccc(Br)cc1Cl)C1CSCCS1. The minimum atomic E-state index is 0.200. The molecule has 5 heteroatoms. The topological polar surface area (TPSA) is 26.0 Å². The molecular weight excluding hydrogens is 338 g/mol. The zero-order valence-electron chi connectivity index (χ0n) is 9.36. The summed E-state index contributed by atoms with van der Waals surface area (Å²) < 4.78 is 1.02. The lowest BCUT2D eigenvalue weighted by atomic mass is 10.0. The van der Waals surface area contributed by atoms with Gasteiger partial charge in [-0.3, -0.25) is 0 Å². The molecule has 0 aliphatic carbocycles. The Morgan fingerprint density at radius 3 is 2.94 bits per heavy atom. The number of hydrogen-bond donors (Lipinski definition) is 1. The third-order valence-electron chi connectivity index (χ3n) is 2.79. The first kappa shape index (κ1) is 14.1. The summed E-state index contributed by atoms with van der Waals surface area (Å²) in [6, 6.07) is 6.22. The zero-order valence-corrected chi connectivity index (χ0v) is 13.3. The number of thioether (sulfide) groups is 2. The molecular formula is C12H15BrClNS2. The molecule has 17 heavy (non-hydrogen) atoms. The van der Waals surface area contributed by atoms with Crippen LogP contribution in [0.1, 0.15) is 5.56 Å². The van der Waals surface area contributed by atoms with Crippen LogP contribution in [0.3, 0.4) is 0 Å². The van der Waals surface area contributed by atoms with Gasteiger partial charge in [0.1, 0.15) is 0 Å². The fourth-order valence-electron chi connectivity index (χ4n) is 1.83. The first-order valence-electron chi connectivity index (χ1n) is 5.55. The fraction of sp³-hybridized carbons (Fsp3) is 0.500. The summed E-state index contributed by atoms with van der Waals surface area (Å²) in [5.41, 5.74) is 7.43. The van der Waals surface area contributed by atoms with Crippen molar-refractivity contribution in [1.29, 1.82) is 0 Å². The lowest BCUT2D eigenvalue weighted by molar-refractivity contribution is 0.664. The van der Waals surface area contributed by atoms with E-state index in [1.165, 1.54) is 17.3 Å². The average Bonchev–Trinajstić information content (AvgIpc) is 2.34. The van der Waals surface area contributed by atoms with Crippen LogP contribution in [0, 0.1) is 0 Å². The second kappa shape index (κ2) is 6.71. The van der Waals surface area contributed by atoms with Crippen LogP contribution in [0.2, 0.25) is 5.02 Å². The van der Waals surface area contributed by atoms with Crippen molar-refractivity contribution in [2.24, 2.45) is 5.73 Å². The molecule has 0 aromatic heterocycles. The van der Waals surface area contributed by atoms with Crippen LogP contribution in [0.4, 0.5) is 0 Å². The first-order chi connectivity index (χ1) is 8.16. The van der Waals surface area contributed by atoms with Crippen molar-refractivity contribution in [3.05, 3.63) is 33.3 Å². The van der Waals surface area contributed by atoms with Crippen LogP contribution >= 0.6 is 51.1 Å². The molecule has 1 fully saturated rings. The maximum absolute atomic E-state index is 6.28. The molecule has 94 valence electrons. The largest absolute Gasteiger partial charge is 0.326 e. The molecule has 1 saturated heterocycles. The predicted octanol–water partition coefficient (Wildman–Crippen LogP) is 3.82. The quantitative estimate of drug-likeness (QED) is 0.895. The van der Waals surface area contributed by atoms with Crippen LogP contribution in [-0.2, 0) is 6.42 Å². The molecule has 2 rings (SSSR count). The van der Waals surface area contributed by atoms with Gasteiger partial charge in [-0.15, -0.1) is 0 Å². The molecule has 1 aromatic carbocycles. The van der Waals surface area contributed by atoms with Gasteiger partial charge in [-0.05, 0) is 24.1 Å². The van der Waals surface area contributed by atoms with Gasteiger partial charge >= 0.3 is 0 Å². The summed E-state index contributed by atoms with van der Waals surface area (Å²) in [5, 5.41) is 1.37. The van der Waals surface area contributed by atoms with Crippen molar-refractivity contribution >= 4 is 51.1 Å². The molecule has 0 radical (unpaired) electrons. The summed E-state index contributed by atoms with van der Waals surface area (Å²) in [6.07, 6.45) is 0.865. The van der Waals surface area contributed by atoms with Gasteiger partial charge in [-0.25, -0.2) is 0 Å². The lowest BCUT2D eigenvalue weighted by Gasteiger charge is -2.27. The summed E-state index contributed by atoms with van der Waals surface area (Å²) in [4.78, 5) is 0. The van der Waals surface area contributed by atoms with Gasteiger partial charge < -0.3 is 5.73 Å². The van der Waals surface area contributed by atoms with Gasteiger partial charge in [0, 0.05) is 38.0 Å². The van der Waals surface area contributed by atoms with Gasteiger partial charge in [-0.1, -0.05) is 33.6 Å². The number of halogens is 2. The van der Waals surface area contributed by atoms with Crippen LogP contribution in [0.25, 0.3) is 0 Å². The van der Waals surface area contributed by atoms with Crippen molar-refractivity contribution in [3.8, 4) is 0 Å². The van der Waals surface area contributed by atoms with Crippen molar-refractivity contribution in [2.45, 2.75) is 17.7 Å². The Labute approximate surface area is 124 Å². The van der Waals surface area contributed by atoms with Crippen LogP contribution in [0.5, 0.6) is 0 Å².